The number of halogens is 3. The first-order valence-corrected chi connectivity index (χ1v) is 14.3. The average molecular weight is 604 g/mol. The molecule has 2 aliphatic rings. The minimum atomic E-state index is -4.65. The summed E-state index contributed by atoms with van der Waals surface area (Å²) in [4.78, 5) is 44.0. The second-order valence-corrected chi connectivity index (χ2v) is 12.0. The number of hydrogen-bond donors (Lipinski definition) is 2. The molecular formula is C32H42F3N4O4+. The Balaban J connectivity index is 2.16. The summed E-state index contributed by atoms with van der Waals surface area (Å²) in [5.74, 6) is -1.28. The SMILES string of the molecule is CCOC(=O)C1=C(C)N(c2cccc(C(F)(F)F)c2)C(=O)N(CC(=O)NC=C[NH+](C)C)C1CC1C=C(C(C)(C)C)C=CC1. The molecule has 43 heavy (non-hydrogen) atoms. The molecule has 0 radical (unpaired) electrons. The van der Waals surface area contributed by atoms with Crippen LogP contribution in [0.3, 0.4) is 0 Å². The van der Waals surface area contributed by atoms with Crippen LogP contribution in [-0.4, -0.2) is 56.1 Å². The zero-order valence-electron chi connectivity index (χ0n) is 25.8. The van der Waals surface area contributed by atoms with E-state index in [1.54, 1.807) is 13.1 Å². The Kier molecular flexibility index (Phi) is 10.7. The number of hydrogen-bond acceptors (Lipinski definition) is 4. The summed E-state index contributed by atoms with van der Waals surface area (Å²) in [7, 11) is 3.72. The van der Waals surface area contributed by atoms with Crippen molar-refractivity contribution in [3.8, 4) is 0 Å². The van der Waals surface area contributed by atoms with E-state index >= 15 is 0 Å². The molecule has 0 fully saturated rings. The summed E-state index contributed by atoms with van der Waals surface area (Å²) in [6, 6.07) is 2.76. The Morgan fingerprint density at radius 3 is 2.49 bits per heavy atom. The first-order chi connectivity index (χ1) is 20.0. The summed E-state index contributed by atoms with van der Waals surface area (Å²) >= 11 is 0. The zero-order valence-corrected chi connectivity index (χ0v) is 25.8. The first kappa shape index (κ1) is 33.6. The van der Waals surface area contributed by atoms with Gasteiger partial charge in [-0.1, -0.05) is 45.1 Å². The van der Waals surface area contributed by atoms with Gasteiger partial charge in [0.05, 0.1) is 49.8 Å². The van der Waals surface area contributed by atoms with Gasteiger partial charge in [-0.3, -0.25) is 9.69 Å². The lowest BCUT2D eigenvalue weighted by Gasteiger charge is -2.43. The molecule has 0 aromatic heterocycles. The zero-order chi connectivity index (χ0) is 32.1. The predicted octanol–water partition coefficient (Wildman–Crippen LogP) is 4.82. The topological polar surface area (TPSA) is 83.4 Å². The third-order valence-electron chi connectivity index (χ3n) is 7.32. The standard InChI is InChI=1S/C32H41F3N4O4/c1-8-43-29(41)28-21(2)39(25-14-10-13-24(19-25)32(33,34)35)30(42)38(20-27(40)36-15-16-37(6)7)26(28)18-22-11-9-12-23(17-22)31(3,4)5/h9-10,12-17,19,22,26H,8,11,18,20H2,1-7H3,(H,36,40)/p+1. The van der Waals surface area contributed by atoms with Crippen molar-refractivity contribution in [3.63, 3.8) is 0 Å². The van der Waals surface area contributed by atoms with Crippen LogP contribution >= 0.6 is 0 Å². The maximum Gasteiger partial charge on any atom is 0.416 e. The summed E-state index contributed by atoms with van der Waals surface area (Å²) in [6.45, 7) is 9.08. The third-order valence-corrected chi connectivity index (χ3v) is 7.32. The molecule has 0 bridgehead atoms. The molecule has 11 heteroatoms. The van der Waals surface area contributed by atoms with E-state index in [4.69, 9.17) is 4.74 Å². The number of esters is 1. The highest BCUT2D eigenvalue weighted by Crippen LogP contribution is 2.39. The lowest BCUT2D eigenvalue weighted by molar-refractivity contribution is -0.801. The molecular weight excluding hydrogens is 561 g/mol. The van der Waals surface area contributed by atoms with Gasteiger partial charge in [0, 0.05) is 5.70 Å². The molecule has 2 atom stereocenters. The second-order valence-electron chi connectivity index (χ2n) is 12.0. The highest BCUT2D eigenvalue weighted by Gasteiger charge is 2.44. The summed E-state index contributed by atoms with van der Waals surface area (Å²) in [6.07, 6.45) is 5.72. The van der Waals surface area contributed by atoms with Crippen molar-refractivity contribution in [2.75, 3.05) is 32.1 Å². The maximum absolute atomic E-state index is 14.2. The van der Waals surface area contributed by atoms with Gasteiger partial charge in [-0.2, -0.15) is 13.2 Å². The van der Waals surface area contributed by atoms with Crippen LogP contribution in [-0.2, 0) is 20.5 Å². The van der Waals surface area contributed by atoms with Gasteiger partial charge >= 0.3 is 18.2 Å². The second kappa shape index (κ2) is 13.6. The Morgan fingerprint density at radius 1 is 1.19 bits per heavy atom. The van der Waals surface area contributed by atoms with Crippen molar-refractivity contribution in [1.82, 2.24) is 10.2 Å². The minimum absolute atomic E-state index is 0.0538. The van der Waals surface area contributed by atoms with Crippen LogP contribution in [0.4, 0.5) is 23.7 Å². The van der Waals surface area contributed by atoms with E-state index < -0.39 is 42.2 Å². The lowest BCUT2D eigenvalue weighted by Crippen LogP contribution is -3.00. The monoisotopic (exact) mass is 603 g/mol. The number of alkyl halides is 3. The Morgan fingerprint density at radius 2 is 1.88 bits per heavy atom. The number of nitrogens with zero attached hydrogens (tertiary/aromatic N) is 2. The van der Waals surface area contributed by atoms with Crippen molar-refractivity contribution in [2.24, 2.45) is 11.3 Å². The molecule has 1 aromatic carbocycles. The number of allylic oxidation sites excluding steroid dienone is 5. The van der Waals surface area contributed by atoms with E-state index in [1.165, 1.54) is 30.2 Å². The molecule has 1 aliphatic carbocycles. The van der Waals surface area contributed by atoms with Crippen LogP contribution in [0.5, 0.6) is 0 Å². The Labute approximate surface area is 251 Å². The summed E-state index contributed by atoms with van der Waals surface area (Å²) < 4.78 is 46.3. The fourth-order valence-corrected chi connectivity index (χ4v) is 5.16. The molecule has 1 heterocycles. The van der Waals surface area contributed by atoms with Crippen molar-refractivity contribution >= 4 is 23.6 Å². The van der Waals surface area contributed by atoms with Gasteiger partial charge in [0.25, 0.3) is 0 Å². The number of anilines is 1. The largest absolute Gasteiger partial charge is 0.463 e. The molecule has 1 aliphatic heterocycles. The van der Waals surface area contributed by atoms with Crippen LogP contribution < -0.4 is 15.1 Å². The minimum Gasteiger partial charge on any atom is -0.463 e. The van der Waals surface area contributed by atoms with Crippen LogP contribution in [0.25, 0.3) is 0 Å². The average Bonchev–Trinajstić information content (AvgIpc) is 2.90. The number of ether oxygens (including phenoxy) is 1. The fourth-order valence-electron chi connectivity index (χ4n) is 5.16. The Bertz CT molecular complexity index is 1340. The van der Waals surface area contributed by atoms with Gasteiger partial charge in [0.1, 0.15) is 12.7 Å². The number of carbonyl (C=O) groups is 3. The smallest absolute Gasteiger partial charge is 0.416 e. The van der Waals surface area contributed by atoms with Crippen LogP contribution in [0.15, 0.2) is 71.7 Å². The number of amides is 3. The number of carbonyl (C=O) groups excluding carboxylic acids is 3. The molecule has 2 N–H and O–H groups in total. The Hall–Kier alpha value is -3.86. The van der Waals surface area contributed by atoms with E-state index in [9.17, 15) is 27.6 Å². The fraction of sp³-hybridized carbons (Fsp3) is 0.469. The quantitative estimate of drug-likeness (QED) is 0.397. The van der Waals surface area contributed by atoms with Crippen molar-refractivity contribution in [2.45, 2.75) is 59.7 Å². The van der Waals surface area contributed by atoms with Gasteiger partial charge in [-0.05, 0) is 61.8 Å². The van der Waals surface area contributed by atoms with Gasteiger partial charge < -0.3 is 19.9 Å². The number of urea groups is 1. The molecule has 0 spiro atoms. The molecule has 3 rings (SSSR count). The third kappa shape index (κ3) is 8.37. The highest BCUT2D eigenvalue weighted by atomic mass is 19.4. The van der Waals surface area contributed by atoms with Gasteiger partial charge in [-0.15, -0.1) is 0 Å². The first-order valence-electron chi connectivity index (χ1n) is 14.3. The van der Waals surface area contributed by atoms with Crippen molar-refractivity contribution in [1.29, 1.82) is 0 Å². The highest BCUT2D eigenvalue weighted by molar-refractivity contribution is 6.04. The lowest BCUT2D eigenvalue weighted by atomic mass is 9.78. The van der Waals surface area contributed by atoms with Crippen LogP contribution in [0.2, 0.25) is 0 Å². The van der Waals surface area contributed by atoms with Crippen LogP contribution in [0.1, 0.15) is 53.0 Å². The number of quaternary nitrogens is 1. The van der Waals surface area contributed by atoms with E-state index in [1.807, 2.05) is 14.1 Å². The molecule has 0 saturated carbocycles. The van der Waals surface area contributed by atoms with Crippen molar-refractivity contribution < 1.29 is 37.2 Å². The molecule has 0 saturated heterocycles. The number of benzene rings is 1. The van der Waals surface area contributed by atoms with Crippen LogP contribution in [0, 0.1) is 11.3 Å². The predicted molar refractivity (Wildman–Crippen MR) is 159 cm³/mol. The van der Waals surface area contributed by atoms with Crippen molar-refractivity contribution in [3.05, 3.63) is 77.3 Å². The molecule has 3 amide bonds. The van der Waals surface area contributed by atoms with E-state index in [0.29, 0.717) is 12.8 Å². The van der Waals surface area contributed by atoms with E-state index in [2.05, 4.69) is 44.3 Å². The maximum atomic E-state index is 14.2. The van der Waals surface area contributed by atoms with Gasteiger partial charge in [-0.25, -0.2) is 9.59 Å². The molecule has 8 nitrogen and oxygen atoms in total. The molecule has 234 valence electrons. The number of nitrogens with one attached hydrogen (secondary N) is 2. The van der Waals surface area contributed by atoms with Gasteiger partial charge in [0.2, 0.25) is 5.91 Å². The number of rotatable bonds is 9. The summed E-state index contributed by atoms with van der Waals surface area (Å²) in [5, 5.41) is 2.64. The van der Waals surface area contributed by atoms with Gasteiger partial charge in [0.15, 0.2) is 0 Å². The molecule has 2 unspecified atom stereocenters. The van der Waals surface area contributed by atoms with E-state index in [0.717, 1.165) is 27.5 Å². The van der Waals surface area contributed by atoms with E-state index in [-0.39, 0.29) is 34.9 Å². The normalized spacial score (nSPS) is 19.8. The summed E-state index contributed by atoms with van der Waals surface area (Å²) in [5.41, 5.74) is 0.241. The molecule has 1 aromatic rings.